The van der Waals surface area contributed by atoms with Crippen LogP contribution in [-0.4, -0.2) is 18.2 Å². The number of carbonyl (C=O) groups excluding carboxylic acids is 2. The largest absolute Gasteiger partial charge is 0.300 e. The van der Waals surface area contributed by atoms with E-state index in [1.165, 1.54) is 0 Å². The number of halogens is 3. The number of amides is 1. The number of rotatable bonds is 2. The van der Waals surface area contributed by atoms with Gasteiger partial charge in [0.25, 0.3) is 11.7 Å². The summed E-state index contributed by atoms with van der Waals surface area (Å²) < 4.78 is 27.3. The first-order valence-corrected chi connectivity index (χ1v) is 5.40. The number of anilines is 1. The van der Waals surface area contributed by atoms with Gasteiger partial charge < -0.3 is 0 Å². The Hall–Kier alpha value is -1.56. The van der Waals surface area contributed by atoms with Crippen LogP contribution in [0, 0.1) is 11.6 Å². The third kappa shape index (κ3) is 1.78. The van der Waals surface area contributed by atoms with Gasteiger partial charge in [0.05, 0.1) is 17.8 Å². The van der Waals surface area contributed by atoms with E-state index in [1.54, 1.807) is 0 Å². The Morgan fingerprint density at radius 3 is 2.47 bits per heavy atom. The van der Waals surface area contributed by atoms with Crippen LogP contribution in [0.5, 0.6) is 0 Å². The van der Waals surface area contributed by atoms with Gasteiger partial charge in [-0.2, -0.15) is 0 Å². The minimum Gasteiger partial charge on any atom is -0.297 e. The van der Waals surface area contributed by atoms with Crippen molar-refractivity contribution in [2.75, 3.05) is 11.4 Å². The number of benzene rings is 1. The van der Waals surface area contributed by atoms with Crippen LogP contribution in [0.3, 0.4) is 0 Å². The number of fused-ring (bicyclic) bond motifs is 1. The summed E-state index contributed by atoms with van der Waals surface area (Å²) in [5, 5.41) is 0. The maximum absolute atomic E-state index is 13.6. The molecule has 3 nitrogen and oxygen atoms in total. The third-order valence-electron chi connectivity index (χ3n) is 2.34. The molecule has 0 atom stereocenters. The highest BCUT2D eigenvalue weighted by Crippen LogP contribution is 2.34. The van der Waals surface area contributed by atoms with Gasteiger partial charge in [0.2, 0.25) is 0 Å². The summed E-state index contributed by atoms with van der Waals surface area (Å²) in [4.78, 5) is 24.0. The van der Waals surface area contributed by atoms with Crippen molar-refractivity contribution in [3.8, 4) is 0 Å². The molecule has 2 rings (SSSR count). The minimum absolute atomic E-state index is 0.0854. The van der Waals surface area contributed by atoms with E-state index >= 15 is 0 Å². The molecule has 0 N–H and O–H groups in total. The first kappa shape index (κ1) is 11.9. The second-order valence-electron chi connectivity index (χ2n) is 3.49. The molecule has 1 heterocycles. The Balaban J connectivity index is 2.63. The zero-order valence-corrected chi connectivity index (χ0v) is 10.1. The van der Waals surface area contributed by atoms with Gasteiger partial charge >= 0.3 is 0 Å². The van der Waals surface area contributed by atoms with E-state index in [-0.39, 0.29) is 12.2 Å². The van der Waals surface area contributed by atoms with Crippen molar-refractivity contribution < 1.29 is 18.4 Å². The van der Waals surface area contributed by atoms with Crippen molar-refractivity contribution in [1.82, 2.24) is 0 Å². The van der Waals surface area contributed by atoms with Gasteiger partial charge in [0.15, 0.2) is 0 Å². The molecule has 0 aromatic heterocycles. The number of carbonyl (C=O) groups is 2. The normalized spacial score (nSPS) is 14.2. The standard InChI is InChI=1S/C11H6BrF2NO2/c1-5(12)4-15-9-7(14)3-2-6(13)8(9)10(16)11(15)17/h2-3H,1,4H2. The van der Waals surface area contributed by atoms with Crippen LogP contribution in [0.1, 0.15) is 10.4 Å². The molecule has 88 valence electrons. The maximum Gasteiger partial charge on any atom is 0.300 e. The topological polar surface area (TPSA) is 37.4 Å². The van der Waals surface area contributed by atoms with E-state index in [1.807, 2.05) is 0 Å². The molecule has 1 amide bonds. The highest BCUT2D eigenvalue weighted by Gasteiger charge is 2.40. The molecular weight excluding hydrogens is 296 g/mol. The molecule has 0 spiro atoms. The smallest absolute Gasteiger partial charge is 0.297 e. The number of nitrogens with zero attached hydrogens (tertiary/aromatic N) is 1. The molecule has 17 heavy (non-hydrogen) atoms. The van der Waals surface area contributed by atoms with Crippen molar-refractivity contribution in [2.45, 2.75) is 0 Å². The molecule has 0 fully saturated rings. The first-order valence-electron chi connectivity index (χ1n) is 4.61. The van der Waals surface area contributed by atoms with Gasteiger partial charge in [0, 0.05) is 4.48 Å². The average Bonchev–Trinajstić information content (AvgIpc) is 2.49. The summed E-state index contributed by atoms with van der Waals surface area (Å²) >= 11 is 3.01. The molecule has 0 radical (unpaired) electrons. The fourth-order valence-corrected chi connectivity index (χ4v) is 1.93. The molecule has 0 unspecified atom stereocenters. The summed E-state index contributed by atoms with van der Waals surface area (Å²) in [7, 11) is 0. The summed E-state index contributed by atoms with van der Waals surface area (Å²) in [6.45, 7) is 3.41. The van der Waals surface area contributed by atoms with Crippen LogP contribution in [-0.2, 0) is 4.79 Å². The lowest BCUT2D eigenvalue weighted by Gasteiger charge is -2.16. The van der Waals surface area contributed by atoms with E-state index in [2.05, 4.69) is 22.5 Å². The van der Waals surface area contributed by atoms with E-state index in [0.717, 1.165) is 17.0 Å². The molecule has 0 saturated carbocycles. The maximum atomic E-state index is 13.6. The fraction of sp³-hybridized carbons (Fsp3) is 0.0909. The first-order chi connectivity index (χ1) is 7.93. The van der Waals surface area contributed by atoms with E-state index in [9.17, 15) is 18.4 Å². The van der Waals surface area contributed by atoms with Gasteiger partial charge in [-0.1, -0.05) is 22.5 Å². The molecule has 0 aliphatic carbocycles. The zero-order chi connectivity index (χ0) is 12.7. The molecule has 0 bridgehead atoms. The van der Waals surface area contributed by atoms with Crippen LogP contribution < -0.4 is 4.90 Å². The van der Waals surface area contributed by atoms with E-state index < -0.39 is 28.9 Å². The predicted octanol–water partition coefficient (Wildman–Crippen LogP) is 2.40. The van der Waals surface area contributed by atoms with Crippen molar-refractivity contribution in [1.29, 1.82) is 0 Å². The Bertz CT molecular complexity index is 557. The predicted molar refractivity (Wildman–Crippen MR) is 61.1 cm³/mol. The lowest BCUT2D eigenvalue weighted by Crippen LogP contribution is -2.31. The molecular formula is C11H6BrF2NO2. The minimum atomic E-state index is -1.04. The Morgan fingerprint density at radius 2 is 1.88 bits per heavy atom. The summed E-state index contributed by atoms with van der Waals surface area (Å²) in [6.07, 6.45) is 0. The quantitative estimate of drug-likeness (QED) is 0.787. The van der Waals surface area contributed by atoms with Gasteiger partial charge in [-0.15, -0.1) is 0 Å². The highest BCUT2D eigenvalue weighted by atomic mass is 79.9. The molecule has 1 aliphatic rings. The van der Waals surface area contributed by atoms with Crippen LogP contribution in [0.2, 0.25) is 0 Å². The van der Waals surface area contributed by atoms with Gasteiger partial charge in [-0.05, 0) is 12.1 Å². The summed E-state index contributed by atoms with van der Waals surface area (Å²) in [5.74, 6) is -3.70. The van der Waals surface area contributed by atoms with Crippen LogP contribution in [0.4, 0.5) is 14.5 Å². The highest BCUT2D eigenvalue weighted by molar-refractivity contribution is 9.11. The van der Waals surface area contributed by atoms with Gasteiger partial charge in [0.1, 0.15) is 11.6 Å². The monoisotopic (exact) mass is 301 g/mol. The molecule has 0 saturated heterocycles. The Labute approximate surface area is 104 Å². The molecule has 1 aromatic carbocycles. The van der Waals surface area contributed by atoms with Crippen molar-refractivity contribution in [3.63, 3.8) is 0 Å². The van der Waals surface area contributed by atoms with Gasteiger partial charge in [-0.3, -0.25) is 14.5 Å². The van der Waals surface area contributed by atoms with E-state index in [0.29, 0.717) is 4.48 Å². The van der Waals surface area contributed by atoms with Crippen LogP contribution in [0.15, 0.2) is 23.2 Å². The van der Waals surface area contributed by atoms with Crippen LogP contribution in [0.25, 0.3) is 0 Å². The lowest BCUT2D eigenvalue weighted by molar-refractivity contribution is -0.114. The number of Topliss-reactive ketones (excluding diaryl/α,β-unsaturated/α-hetero) is 1. The Morgan fingerprint density at radius 1 is 1.29 bits per heavy atom. The molecule has 1 aliphatic heterocycles. The van der Waals surface area contributed by atoms with Gasteiger partial charge in [-0.25, -0.2) is 8.78 Å². The lowest BCUT2D eigenvalue weighted by atomic mass is 10.1. The second-order valence-corrected chi connectivity index (χ2v) is 4.61. The average molecular weight is 302 g/mol. The van der Waals surface area contributed by atoms with Crippen molar-refractivity contribution in [2.24, 2.45) is 0 Å². The third-order valence-corrected chi connectivity index (χ3v) is 2.59. The summed E-state index contributed by atoms with van der Waals surface area (Å²) in [5.41, 5.74) is -0.829. The van der Waals surface area contributed by atoms with Crippen molar-refractivity contribution in [3.05, 3.63) is 40.4 Å². The second kappa shape index (κ2) is 4.03. The fourth-order valence-electron chi connectivity index (χ4n) is 1.67. The van der Waals surface area contributed by atoms with E-state index in [4.69, 9.17) is 0 Å². The number of hydrogen-bond donors (Lipinski definition) is 0. The summed E-state index contributed by atoms with van der Waals surface area (Å²) in [6, 6.07) is 1.70. The Kier molecular flexibility index (Phi) is 2.82. The number of hydrogen-bond acceptors (Lipinski definition) is 2. The van der Waals surface area contributed by atoms with Crippen LogP contribution >= 0.6 is 15.9 Å². The number of ketones is 1. The SMILES string of the molecule is C=C(Br)CN1C(=O)C(=O)c2c(F)ccc(F)c21. The zero-order valence-electron chi connectivity index (χ0n) is 8.47. The molecule has 6 heteroatoms. The molecule has 1 aromatic rings. The van der Waals surface area contributed by atoms with Crippen molar-refractivity contribution >= 4 is 33.3 Å².